The lowest BCUT2D eigenvalue weighted by atomic mass is 9.95. The summed E-state index contributed by atoms with van der Waals surface area (Å²) in [7, 11) is 0. The van der Waals surface area contributed by atoms with Gasteiger partial charge in [-0.25, -0.2) is 4.98 Å². The molecule has 1 amide bonds. The highest BCUT2D eigenvalue weighted by atomic mass is 16.3. The summed E-state index contributed by atoms with van der Waals surface area (Å²) in [4.78, 5) is 16.6. The maximum absolute atomic E-state index is 12.3. The predicted octanol–water partition coefficient (Wildman–Crippen LogP) is 4.53. The third kappa shape index (κ3) is 3.81. The maximum Gasteiger partial charge on any atom is 0.273 e. The van der Waals surface area contributed by atoms with Crippen molar-refractivity contribution < 1.29 is 9.21 Å². The maximum atomic E-state index is 12.3. The summed E-state index contributed by atoms with van der Waals surface area (Å²) in [6.45, 7) is 4.32. The number of oxazole rings is 1. The molecule has 1 aromatic heterocycles. The molecule has 122 valence electrons. The van der Waals surface area contributed by atoms with Crippen molar-refractivity contribution in [3.8, 4) is 11.5 Å². The Kier molecular flexibility index (Phi) is 4.79. The third-order valence-corrected chi connectivity index (χ3v) is 4.50. The van der Waals surface area contributed by atoms with E-state index in [4.69, 9.17) is 4.42 Å². The molecule has 4 heteroatoms. The van der Waals surface area contributed by atoms with Crippen molar-refractivity contribution in [2.45, 2.75) is 57.9 Å². The zero-order valence-electron chi connectivity index (χ0n) is 13.8. The number of nitrogens with zero attached hydrogens (tertiary/aromatic N) is 1. The number of aromatic nitrogens is 1. The highest BCUT2D eigenvalue weighted by Crippen LogP contribution is 2.23. The van der Waals surface area contributed by atoms with Gasteiger partial charge in [0.2, 0.25) is 5.89 Å². The molecule has 2 aromatic rings. The van der Waals surface area contributed by atoms with Gasteiger partial charge in [0.1, 0.15) is 6.26 Å². The Balaban J connectivity index is 1.68. The van der Waals surface area contributed by atoms with Crippen molar-refractivity contribution >= 4 is 5.91 Å². The van der Waals surface area contributed by atoms with Gasteiger partial charge in [-0.2, -0.15) is 0 Å². The monoisotopic (exact) mass is 312 g/mol. The molecule has 0 radical (unpaired) electrons. The summed E-state index contributed by atoms with van der Waals surface area (Å²) in [5, 5.41) is 3.06. The van der Waals surface area contributed by atoms with E-state index >= 15 is 0 Å². The summed E-state index contributed by atoms with van der Waals surface area (Å²) in [6.07, 6.45) is 7.23. The van der Waals surface area contributed by atoms with Crippen molar-refractivity contribution in [1.29, 1.82) is 0 Å². The first-order valence-electron chi connectivity index (χ1n) is 8.50. The molecule has 1 aliphatic rings. The molecule has 1 fully saturated rings. The Labute approximate surface area is 137 Å². The van der Waals surface area contributed by atoms with Crippen molar-refractivity contribution in [3.05, 3.63) is 41.8 Å². The summed E-state index contributed by atoms with van der Waals surface area (Å²) in [5.41, 5.74) is 2.53. The molecule has 1 saturated carbocycles. The number of hydrogen-bond donors (Lipinski definition) is 1. The zero-order chi connectivity index (χ0) is 16.2. The zero-order valence-corrected chi connectivity index (χ0v) is 13.8. The van der Waals surface area contributed by atoms with Crippen molar-refractivity contribution in [2.24, 2.45) is 0 Å². The molecule has 1 aliphatic carbocycles. The van der Waals surface area contributed by atoms with Crippen LogP contribution in [0.4, 0.5) is 0 Å². The number of nitrogens with one attached hydrogen (secondary N) is 1. The smallest absolute Gasteiger partial charge is 0.273 e. The third-order valence-electron chi connectivity index (χ3n) is 4.50. The van der Waals surface area contributed by atoms with Crippen LogP contribution in [0.2, 0.25) is 0 Å². The average molecular weight is 312 g/mol. The number of amides is 1. The van der Waals surface area contributed by atoms with Gasteiger partial charge in [0, 0.05) is 11.6 Å². The highest BCUT2D eigenvalue weighted by Gasteiger charge is 2.19. The SMILES string of the molecule is CC(C)c1ccc(-c2nc(C(=O)NC3CCCCC3)co2)cc1. The Bertz CT molecular complexity index is 652. The van der Waals surface area contributed by atoms with Crippen LogP contribution in [0.1, 0.15) is 67.9 Å². The number of carbonyl (C=O) groups is 1. The second kappa shape index (κ2) is 6.99. The molecule has 4 nitrogen and oxygen atoms in total. The molecule has 1 N–H and O–H groups in total. The largest absolute Gasteiger partial charge is 0.444 e. The summed E-state index contributed by atoms with van der Waals surface area (Å²) >= 11 is 0. The van der Waals surface area contributed by atoms with Gasteiger partial charge in [-0.05, 0) is 36.5 Å². The van der Waals surface area contributed by atoms with Crippen LogP contribution in [0.5, 0.6) is 0 Å². The molecular formula is C19H24N2O2. The summed E-state index contributed by atoms with van der Waals surface area (Å²) in [5.74, 6) is 0.852. The van der Waals surface area contributed by atoms with Crippen molar-refractivity contribution in [2.75, 3.05) is 0 Å². The Morgan fingerprint density at radius 3 is 2.52 bits per heavy atom. The van der Waals surface area contributed by atoms with Gasteiger partial charge in [0.25, 0.3) is 5.91 Å². The first-order chi connectivity index (χ1) is 11.1. The minimum absolute atomic E-state index is 0.134. The quantitative estimate of drug-likeness (QED) is 0.902. The standard InChI is InChI=1S/C19H24N2O2/c1-13(2)14-8-10-15(11-9-14)19-21-17(12-23-19)18(22)20-16-6-4-3-5-7-16/h8-13,16H,3-7H2,1-2H3,(H,20,22). The van der Waals surface area contributed by atoms with Crippen LogP contribution in [-0.2, 0) is 0 Å². The van der Waals surface area contributed by atoms with Crippen LogP contribution in [0.25, 0.3) is 11.5 Å². The van der Waals surface area contributed by atoms with Crippen LogP contribution in [0.3, 0.4) is 0 Å². The lowest BCUT2D eigenvalue weighted by Crippen LogP contribution is -2.36. The molecule has 3 rings (SSSR count). The van der Waals surface area contributed by atoms with E-state index in [0.29, 0.717) is 17.5 Å². The minimum atomic E-state index is -0.134. The molecule has 23 heavy (non-hydrogen) atoms. The van der Waals surface area contributed by atoms with E-state index < -0.39 is 0 Å². The predicted molar refractivity (Wildman–Crippen MR) is 90.4 cm³/mol. The Morgan fingerprint density at radius 1 is 1.17 bits per heavy atom. The van der Waals surface area contributed by atoms with Gasteiger partial charge in [-0.1, -0.05) is 45.2 Å². The van der Waals surface area contributed by atoms with E-state index in [1.807, 2.05) is 12.1 Å². The van der Waals surface area contributed by atoms with Gasteiger partial charge in [-0.15, -0.1) is 0 Å². The molecule has 0 bridgehead atoms. The van der Waals surface area contributed by atoms with Gasteiger partial charge in [0.15, 0.2) is 5.69 Å². The summed E-state index contributed by atoms with van der Waals surface area (Å²) in [6, 6.07) is 8.41. The normalized spacial score (nSPS) is 15.8. The second-order valence-corrected chi connectivity index (χ2v) is 6.62. The van der Waals surface area contributed by atoms with E-state index in [9.17, 15) is 4.79 Å². The van der Waals surface area contributed by atoms with Crippen LogP contribution in [-0.4, -0.2) is 16.9 Å². The fraction of sp³-hybridized carbons (Fsp3) is 0.474. The van der Waals surface area contributed by atoms with E-state index in [2.05, 4.69) is 36.3 Å². The van der Waals surface area contributed by atoms with Gasteiger partial charge in [-0.3, -0.25) is 4.79 Å². The molecule has 0 unspecified atom stereocenters. The lowest BCUT2D eigenvalue weighted by molar-refractivity contribution is 0.0922. The molecule has 0 saturated heterocycles. The first-order valence-corrected chi connectivity index (χ1v) is 8.50. The molecule has 0 aliphatic heterocycles. The Morgan fingerprint density at radius 2 is 1.87 bits per heavy atom. The number of hydrogen-bond acceptors (Lipinski definition) is 3. The van der Waals surface area contributed by atoms with Gasteiger partial charge < -0.3 is 9.73 Å². The fourth-order valence-corrected chi connectivity index (χ4v) is 3.03. The lowest BCUT2D eigenvalue weighted by Gasteiger charge is -2.22. The number of rotatable bonds is 4. The van der Waals surface area contributed by atoms with Crippen LogP contribution in [0, 0.1) is 0 Å². The van der Waals surface area contributed by atoms with Crippen LogP contribution in [0.15, 0.2) is 34.9 Å². The second-order valence-electron chi connectivity index (χ2n) is 6.62. The molecule has 1 heterocycles. The highest BCUT2D eigenvalue weighted by molar-refractivity contribution is 5.92. The van der Waals surface area contributed by atoms with E-state index in [1.165, 1.54) is 31.1 Å². The van der Waals surface area contributed by atoms with Crippen LogP contribution < -0.4 is 5.32 Å². The van der Waals surface area contributed by atoms with Crippen molar-refractivity contribution in [3.63, 3.8) is 0 Å². The van der Waals surface area contributed by atoms with Crippen molar-refractivity contribution in [1.82, 2.24) is 10.3 Å². The number of carbonyl (C=O) groups excluding carboxylic acids is 1. The van der Waals surface area contributed by atoms with Gasteiger partial charge >= 0.3 is 0 Å². The van der Waals surface area contributed by atoms with E-state index in [-0.39, 0.29) is 11.9 Å². The van der Waals surface area contributed by atoms with E-state index in [1.54, 1.807) is 0 Å². The summed E-state index contributed by atoms with van der Waals surface area (Å²) < 4.78 is 5.49. The fourth-order valence-electron chi connectivity index (χ4n) is 3.03. The topological polar surface area (TPSA) is 55.1 Å². The molecule has 1 aromatic carbocycles. The average Bonchev–Trinajstić information content (AvgIpc) is 3.06. The minimum Gasteiger partial charge on any atom is -0.444 e. The van der Waals surface area contributed by atoms with E-state index in [0.717, 1.165) is 18.4 Å². The number of benzene rings is 1. The molecule has 0 atom stereocenters. The van der Waals surface area contributed by atoms with Gasteiger partial charge in [0.05, 0.1) is 0 Å². The molecular weight excluding hydrogens is 288 g/mol. The van der Waals surface area contributed by atoms with Crippen LogP contribution >= 0.6 is 0 Å². The Hall–Kier alpha value is -2.10. The first kappa shape index (κ1) is 15.8. The molecule has 0 spiro atoms.